The third kappa shape index (κ3) is 3.58. The highest BCUT2D eigenvalue weighted by molar-refractivity contribution is 9.10. The summed E-state index contributed by atoms with van der Waals surface area (Å²) >= 11 is 3.43. The van der Waals surface area contributed by atoms with Crippen molar-refractivity contribution in [2.24, 2.45) is 0 Å². The smallest absolute Gasteiger partial charge is 0.134 e. The van der Waals surface area contributed by atoms with Crippen LogP contribution >= 0.6 is 15.9 Å². The Bertz CT molecular complexity index is 569. The van der Waals surface area contributed by atoms with Crippen LogP contribution in [0, 0.1) is 0 Å². The number of likely N-dealkylation sites (N-methyl/N-ethyl adjacent to an activating group) is 1. The first-order chi connectivity index (χ1) is 9.10. The van der Waals surface area contributed by atoms with E-state index < -0.39 is 0 Å². The zero-order valence-electron chi connectivity index (χ0n) is 11.4. The lowest BCUT2D eigenvalue weighted by Crippen LogP contribution is -2.21. The summed E-state index contributed by atoms with van der Waals surface area (Å²) in [5.74, 6) is 1.78. The number of nitrogens with one attached hydrogen (secondary N) is 1. The van der Waals surface area contributed by atoms with Gasteiger partial charge in [0.2, 0.25) is 0 Å². The van der Waals surface area contributed by atoms with Gasteiger partial charge in [-0.1, -0.05) is 33.6 Å². The number of benzene rings is 1. The Kier molecular flexibility index (Phi) is 4.61. The number of halogens is 1. The van der Waals surface area contributed by atoms with Crippen molar-refractivity contribution in [3.05, 3.63) is 52.2 Å². The molecule has 1 aromatic carbocycles. The maximum Gasteiger partial charge on any atom is 0.134 e. The molecule has 1 N–H and O–H groups in total. The fraction of sp³-hybridized carbons (Fsp3) is 0.250. The first kappa shape index (κ1) is 14.1. The van der Waals surface area contributed by atoms with E-state index in [9.17, 15) is 0 Å². The van der Waals surface area contributed by atoms with Crippen LogP contribution in [-0.2, 0) is 0 Å². The first-order valence-corrected chi connectivity index (χ1v) is 7.10. The van der Waals surface area contributed by atoms with Gasteiger partial charge in [-0.25, -0.2) is 0 Å². The summed E-state index contributed by atoms with van der Waals surface area (Å²) in [4.78, 5) is 0. The van der Waals surface area contributed by atoms with Gasteiger partial charge < -0.3 is 9.73 Å². The Hall–Kier alpha value is -1.32. The number of furan rings is 1. The highest BCUT2D eigenvalue weighted by atomic mass is 79.9. The Morgan fingerprint density at radius 3 is 2.53 bits per heavy atom. The lowest BCUT2D eigenvalue weighted by atomic mass is 10.1. The van der Waals surface area contributed by atoms with Gasteiger partial charge in [-0.05, 0) is 51.2 Å². The molecule has 2 aromatic rings. The van der Waals surface area contributed by atoms with Crippen molar-refractivity contribution < 1.29 is 4.42 Å². The van der Waals surface area contributed by atoms with Gasteiger partial charge >= 0.3 is 0 Å². The maximum absolute atomic E-state index is 5.86. The van der Waals surface area contributed by atoms with E-state index >= 15 is 0 Å². The second-order valence-electron chi connectivity index (χ2n) is 4.61. The minimum Gasteiger partial charge on any atom is -0.457 e. The van der Waals surface area contributed by atoms with Crippen LogP contribution in [0.25, 0.3) is 17.4 Å². The van der Waals surface area contributed by atoms with Crippen LogP contribution in [0.4, 0.5) is 0 Å². The topological polar surface area (TPSA) is 25.2 Å². The van der Waals surface area contributed by atoms with Gasteiger partial charge in [-0.15, -0.1) is 0 Å². The van der Waals surface area contributed by atoms with Crippen molar-refractivity contribution in [1.29, 1.82) is 0 Å². The molecule has 0 saturated carbocycles. The highest BCUT2D eigenvalue weighted by Crippen LogP contribution is 2.25. The van der Waals surface area contributed by atoms with Crippen molar-refractivity contribution in [3.8, 4) is 11.3 Å². The molecule has 0 aliphatic carbocycles. The zero-order valence-corrected chi connectivity index (χ0v) is 13.0. The van der Waals surface area contributed by atoms with Gasteiger partial charge in [-0.2, -0.15) is 0 Å². The minimum absolute atomic E-state index is 0.348. The molecular formula is C16H18BrNO. The molecule has 0 aliphatic rings. The third-order valence-electron chi connectivity index (χ3n) is 3.24. The molecule has 0 aliphatic heterocycles. The summed E-state index contributed by atoms with van der Waals surface area (Å²) in [7, 11) is 1.96. The maximum atomic E-state index is 5.86. The average molecular weight is 320 g/mol. The van der Waals surface area contributed by atoms with Crippen molar-refractivity contribution in [2.75, 3.05) is 7.05 Å². The molecule has 2 nitrogen and oxygen atoms in total. The average Bonchev–Trinajstić information content (AvgIpc) is 2.87. The molecule has 1 unspecified atom stereocenters. The largest absolute Gasteiger partial charge is 0.457 e. The molecule has 0 spiro atoms. The SMILES string of the molecule is CNC(C)/C(C)=C/c1ccc(-c2ccc(Br)cc2)o1. The molecule has 1 atom stereocenters. The fourth-order valence-corrected chi connectivity index (χ4v) is 2.04. The van der Waals surface area contributed by atoms with E-state index in [1.165, 1.54) is 5.57 Å². The Labute approximate surface area is 122 Å². The molecule has 0 fully saturated rings. The molecule has 0 bridgehead atoms. The zero-order chi connectivity index (χ0) is 13.8. The summed E-state index contributed by atoms with van der Waals surface area (Å²) < 4.78 is 6.93. The van der Waals surface area contributed by atoms with E-state index in [-0.39, 0.29) is 0 Å². The summed E-state index contributed by atoms with van der Waals surface area (Å²) in [6.45, 7) is 4.23. The standard InChI is InChI=1S/C16H18BrNO/c1-11(12(2)18-3)10-15-8-9-16(19-15)13-4-6-14(17)7-5-13/h4-10,12,18H,1-3H3/b11-10+. The van der Waals surface area contributed by atoms with Gasteiger partial charge in [-0.3, -0.25) is 0 Å². The Balaban J connectivity index is 2.22. The van der Waals surface area contributed by atoms with Crippen LogP contribution in [0.5, 0.6) is 0 Å². The summed E-state index contributed by atoms with van der Waals surface area (Å²) in [5.41, 5.74) is 2.33. The van der Waals surface area contributed by atoms with E-state index in [0.717, 1.165) is 21.6 Å². The second kappa shape index (κ2) is 6.22. The number of hydrogen-bond acceptors (Lipinski definition) is 2. The van der Waals surface area contributed by atoms with Crippen LogP contribution in [0.1, 0.15) is 19.6 Å². The molecular weight excluding hydrogens is 302 g/mol. The van der Waals surface area contributed by atoms with Gasteiger partial charge in [0, 0.05) is 16.1 Å². The molecule has 0 radical (unpaired) electrons. The lowest BCUT2D eigenvalue weighted by Gasteiger charge is -2.09. The fourth-order valence-electron chi connectivity index (χ4n) is 1.78. The highest BCUT2D eigenvalue weighted by Gasteiger charge is 2.05. The van der Waals surface area contributed by atoms with Crippen molar-refractivity contribution in [3.63, 3.8) is 0 Å². The van der Waals surface area contributed by atoms with E-state index in [1.807, 2.05) is 43.4 Å². The van der Waals surface area contributed by atoms with Crippen molar-refractivity contribution >= 4 is 22.0 Å². The van der Waals surface area contributed by atoms with Crippen molar-refractivity contribution in [1.82, 2.24) is 5.32 Å². The minimum atomic E-state index is 0.348. The molecule has 2 rings (SSSR count). The molecule has 0 saturated heterocycles. The predicted octanol–water partition coefficient (Wildman–Crippen LogP) is 4.72. The van der Waals surface area contributed by atoms with Crippen LogP contribution in [-0.4, -0.2) is 13.1 Å². The van der Waals surface area contributed by atoms with E-state index in [2.05, 4.69) is 41.2 Å². The molecule has 1 heterocycles. The monoisotopic (exact) mass is 319 g/mol. The van der Waals surface area contributed by atoms with Gasteiger partial charge in [0.15, 0.2) is 0 Å². The lowest BCUT2D eigenvalue weighted by molar-refractivity contribution is 0.570. The van der Waals surface area contributed by atoms with Crippen LogP contribution in [0.15, 0.2) is 50.9 Å². The Morgan fingerprint density at radius 2 is 1.89 bits per heavy atom. The van der Waals surface area contributed by atoms with E-state index in [4.69, 9.17) is 4.42 Å². The Morgan fingerprint density at radius 1 is 1.21 bits per heavy atom. The van der Waals surface area contributed by atoms with E-state index in [0.29, 0.717) is 6.04 Å². The van der Waals surface area contributed by atoms with Gasteiger partial charge in [0.25, 0.3) is 0 Å². The second-order valence-corrected chi connectivity index (χ2v) is 5.52. The molecule has 0 amide bonds. The van der Waals surface area contributed by atoms with Gasteiger partial charge in [0.1, 0.15) is 11.5 Å². The van der Waals surface area contributed by atoms with Crippen LogP contribution < -0.4 is 5.32 Å². The first-order valence-electron chi connectivity index (χ1n) is 6.31. The summed E-state index contributed by atoms with van der Waals surface area (Å²) in [6.07, 6.45) is 2.07. The molecule has 100 valence electrons. The van der Waals surface area contributed by atoms with Gasteiger partial charge in [0.05, 0.1) is 0 Å². The molecule has 1 aromatic heterocycles. The predicted molar refractivity (Wildman–Crippen MR) is 84.0 cm³/mol. The normalized spacial score (nSPS) is 13.6. The number of hydrogen-bond donors (Lipinski definition) is 1. The summed E-state index contributed by atoms with van der Waals surface area (Å²) in [6, 6.07) is 12.5. The molecule has 3 heteroatoms. The van der Waals surface area contributed by atoms with E-state index in [1.54, 1.807) is 0 Å². The quantitative estimate of drug-likeness (QED) is 0.882. The number of rotatable bonds is 4. The van der Waals surface area contributed by atoms with Crippen molar-refractivity contribution in [2.45, 2.75) is 19.9 Å². The van der Waals surface area contributed by atoms with Crippen LogP contribution in [0.3, 0.4) is 0 Å². The van der Waals surface area contributed by atoms with Crippen LogP contribution in [0.2, 0.25) is 0 Å². The molecule has 19 heavy (non-hydrogen) atoms. The summed E-state index contributed by atoms with van der Waals surface area (Å²) in [5, 5.41) is 3.21. The third-order valence-corrected chi connectivity index (χ3v) is 3.77.